The molecule has 0 heterocycles. The first-order valence-electron chi connectivity index (χ1n) is 27.0. The van der Waals surface area contributed by atoms with Crippen LogP contribution in [0, 0.1) is 0 Å². The van der Waals surface area contributed by atoms with Crippen molar-refractivity contribution in [2.24, 2.45) is 0 Å². The van der Waals surface area contributed by atoms with Crippen LogP contribution in [0.4, 0.5) is 17.1 Å². The standard InChI is InChI=1S/C24H23NO2.C18H18BrNO2.C10H13NO.C8H7BrO2.C6H7BO2/c26-21-13-12-19-9-5-11-23(22(19)16-21)25-24(27)15-17-6-4-10-20(14-17)18-7-2-1-3-8-18;19-14-5-1-3-12(9-14)10-18(22)20-17-6-2-4-13-7-8-15(21)11-16(13)17;11-10-3-1-2-7-4-5-8(12)6-9(7)10;9-7-3-1-2-6(4-7)5-8(10)11;8-7(9)6-4-2-1-3-5-6/h1-11,14,21,26H,12-13,15-16H2,(H,25,27);1-6,9,15,21H,7-8,10-11H2,(H,20,22);1-3,8,12H,4-6,11H2;1-4H,5H2,(H,10,11);1-5,8-9H. The predicted octanol–water partition coefficient (Wildman–Crippen LogP) is 10.4. The zero-order valence-electron chi connectivity index (χ0n) is 44.9. The Morgan fingerprint density at radius 3 is 1.32 bits per heavy atom. The summed E-state index contributed by atoms with van der Waals surface area (Å²) in [4.78, 5) is 35.2. The van der Waals surface area contributed by atoms with Gasteiger partial charge in [-0.2, -0.15) is 0 Å². The second kappa shape index (κ2) is 31.1. The van der Waals surface area contributed by atoms with Crippen molar-refractivity contribution in [3.63, 3.8) is 0 Å². The third-order valence-corrected chi connectivity index (χ3v) is 14.9. The Hall–Kier alpha value is -7.21. The molecule has 0 saturated carbocycles. The number of carbonyl (C=O) groups excluding carboxylic acids is 2. The van der Waals surface area contributed by atoms with Crippen LogP contribution < -0.4 is 21.8 Å². The van der Waals surface area contributed by atoms with Crippen molar-refractivity contribution in [3.8, 4) is 11.1 Å². The third kappa shape index (κ3) is 19.8. The number of rotatable bonds is 10. The van der Waals surface area contributed by atoms with E-state index in [0.29, 0.717) is 31.1 Å². The molecule has 0 fully saturated rings. The van der Waals surface area contributed by atoms with Crippen molar-refractivity contribution >= 4 is 79.3 Å². The van der Waals surface area contributed by atoms with Gasteiger partial charge in [-0.3, -0.25) is 14.4 Å². The molecule has 11 rings (SSSR count). The zero-order valence-corrected chi connectivity index (χ0v) is 48.1. The molecule has 2 amide bonds. The van der Waals surface area contributed by atoms with E-state index in [1.54, 1.807) is 36.4 Å². The number of hydrogen-bond donors (Lipinski definition) is 9. The maximum Gasteiger partial charge on any atom is 0.488 e. The molecule has 3 aliphatic carbocycles. The molecule has 0 spiro atoms. The Morgan fingerprint density at radius 1 is 0.469 bits per heavy atom. The van der Waals surface area contributed by atoms with E-state index in [2.05, 4.69) is 85.0 Å². The minimum atomic E-state index is -1.34. The van der Waals surface area contributed by atoms with Crippen LogP contribution in [0.3, 0.4) is 0 Å². The van der Waals surface area contributed by atoms with E-state index in [1.165, 1.54) is 16.7 Å². The van der Waals surface area contributed by atoms with Crippen LogP contribution in [-0.2, 0) is 72.2 Å². The van der Waals surface area contributed by atoms with Crippen molar-refractivity contribution in [1.29, 1.82) is 0 Å². The number of aliphatic carboxylic acids is 1. The van der Waals surface area contributed by atoms with E-state index in [1.807, 2.05) is 109 Å². The lowest BCUT2D eigenvalue weighted by molar-refractivity contribution is -0.136. The van der Waals surface area contributed by atoms with Crippen LogP contribution in [0.25, 0.3) is 11.1 Å². The fourth-order valence-electron chi connectivity index (χ4n) is 9.92. The fourth-order valence-corrected chi connectivity index (χ4v) is 10.8. The van der Waals surface area contributed by atoms with Gasteiger partial charge in [0.25, 0.3) is 0 Å². The molecule has 3 aliphatic rings. The molecule has 418 valence electrons. The van der Waals surface area contributed by atoms with Gasteiger partial charge in [-0.25, -0.2) is 0 Å². The highest BCUT2D eigenvalue weighted by molar-refractivity contribution is 9.10. The lowest BCUT2D eigenvalue weighted by atomic mass is 9.81. The molecule has 0 radical (unpaired) electrons. The average Bonchev–Trinajstić information content (AvgIpc) is 3.52. The second-order valence-corrected chi connectivity index (χ2v) is 22.0. The van der Waals surface area contributed by atoms with Crippen LogP contribution in [0.1, 0.15) is 69.3 Å². The number of nitrogen functional groups attached to an aromatic ring is 1. The highest BCUT2D eigenvalue weighted by atomic mass is 79.9. The Kier molecular flexibility index (Phi) is 23.6. The van der Waals surface area contributed by atoms with Gasteiger partial charge in [-0.15, -0.1) is 0 Å². The van der Waals surface area contributed by atoms with Crippen molar-refractivity contribution in [2.45, 2.75) is 95.4 Å². The molecule has 0 saturated heterocycles. The number of anilines is 3. The summed E-state index contributed by atoms with van der Waals surface area (Å²) in [5.74, 6) is -0.872. The number of aliphatic hydroxyl groups is 3. The maximum atomic E-state index is 12.6. The summed E-state index contributed by atoms with van der Waals surface area (Å²) in [6, 6.07) is 59.9. The molecular weight excluding hydrogens is 1150 g/mol. The smallest absolute Gasteiger partial charge is 0.481 e. The van der Waals surface area contributed by atoms with Gasteiger partial charge in [0.15, 0.2) is 0 Å². The molecule has 0 aromatic heterocycles. The van der Waals surface area contributed by atoms with Crippen LogP contribution in [0.15, 0.2) is 197 Å². The van der Waals surface area contributed by atoms with Gasteiger partial charge in [-0.05, 0) is 148 Å². The van der Waals surface area contributed by atoms with Crippen LogP contribution in [0.5, 0.6) is 0 Å². The van der Waals surface area contributed by atoms with Gasteiger partial charge in [0, 0.05) is 45.3 Å². The number of nitrogens with one attached hydrogen (secondary N) is 2. The molecule has 8 aromatic carbocycles. The van der Waals surface area contributed by atoms with Gasteiger partial charge in [0.1, 0.15) is 0 Å². The van der Waals surface area contributed by atoms with E-state index in [-0.39, 0.29) is 36.5 Å². The summed E-state index contributed by atoms with van der Waals surface area (Å²) in [6.45, 7) is 0. The number of carboxylic acid groups (broad SMARTS) is 1. The maximum absolute atomic E-state index is 12.6. The van der Waals surface area contributed by atoms with E-state index in [9.17, 15) is 29.7 Å². The monoisotopic (exact) mass is 1220 g/mol. The molecule has 3 atom stereocenters. The van der Waals surface area contributed by atoms with Crippen LogP contribution in [0.2, 0.25) is 0 Å². The fraction of sp³-hybridized carbons (Fsp3) is 0.227. The largest absolute Gasteiger partial charge is 0.488 e. The highest BCUT2D eigenvalue weighted by Crippen LogP contribution is 2.31. The number of carboxylic acids is 1. The van der Waals surface area contributed by atoms with E-state index in [0.717, 1.165) is 115 Å². The minimum Gasteiger partial charge on any atom is -0.481 e. The molecule has 81 heavy (non-hydrogen) atoms. The summed E-state index contributed by atoms with van der Waals surface area (Å²) in [6.07, 6.45) is 7.01. The van der Waals surface area contributed by atoms with E-state index < -0.39 is 13.1 Å². The molecule has 0 aliphatic heterocycles. The first-order chi connectivity index (χ1) is 39.1. The van der Waals surface area contributed by atoms with Crippen molar-refractivity contribution < 1.29 is 44.9 Å². The van der Waals surface area contributed by atoms with Crippen LogP contribution in [-0.4, -0.2) is 73.7 Å². The zero-order chi connectivity index (χ0) is 57.7. The number of aliphatic hydroxyl groups excluding tert-OH is 3. The van der Waals surface area contributed by atoms with Crippen LogP contribution >= 0.6 is 31.9 Å². The molecule has 0 bridgehead atoms. The average molecular weight is 1220 g/mol. The Labute approximate surface area is 491 Å². The number of nitrogens with two attached hydrogens (primary N) is 1. The summed E-state index contributed by atoms with van der Waals surface area (Å²) in [7, 11) is -1.34. The third-order valence-electron chi connectivity index (χ3n) is 14.0. The first-order valence-corrected chi connectivity index (χ1v) is 28.6. The van der Waals surface area contributed by atoms with Crippen molar-refractivity contribution in [3.05, 3.63) is 247 Å². The Balaban J connectivity index is 0.000000156. The second-order valence-electron chi connectivity index (χ2n) is 20.2. The lowest BCUT2D eigenvalue weighted by Crippen LogP contribution is -2.29. The van der Waals surface area contributed by atoms with Crippen molar-refractivity contribution in [1.82, 2.24) is 0 Å². The van der Waals surface area contributed by atoms with Crippen molar-refractivity contribution in [2.75, 3.05) is 16.4 Å². The first kappa shape index (κ1) is 61.4. The van der Waals surface area contributed by atoms with Gasteiger partial charge >= 0.3 is 13.1 Å². The van der Waals surface area contributed by atoms with E-state index >= 15 is 0 Å². The molecule has 3 unspecified atom stereocenters. The summed E-state index contributed by atoms with van der Waals surface area (Å²) in [5, 5.41) is 60.9. The molecule has 15 heteroatoms. The predicted molar refractivity (Wildman–Crippen MR) is 330 cm³/mol. The number of halogens is 2. The quantitative estimate of drug-likeness (QED) is 0.0466. The summed E-state index contributed by atoms with van der Waals surface area (Å²) < 4.78 is 1.88. The van der Waals surface area contributed by atoms with Gasteiger partial charge < -0.3 is 46.8 Å². The number of benzene rings is 8. The molecular formula is C66H68BBr2N3O9. The number of amides is 2. The molecule has 10 N–H and O–H groups in total. The van der Waals surface area contributed by atoms with E-state index in [4.69, 9.17) is 20.9 Å². The SMILES string of the molecule is Nc1cccc2c1CC(O)CC2.O=C(Cc1cccc(-c2ccccc2)c1)Nc1cccc2c1CC(O)CC2.O=C(Cc1cccc(Br)c1)Nc1cccc2c1CC(O)CC2.O=C(O)Cc1cccc(Br)c1.OB(O)c1ccccc1. The number of carbonyl (C=O) groups is 3. The normalized spacial score (nSPS) is 15.4. The van der Waals surface area contributed by atoms with Gasteiger partial charge in [-0.1, -0.05) is 177 Å². The molecule has 12 nitrogen and oxygen atoms in total. The Morgan fingerprint density at radius 2 is 0.864 bits per heavy atom. The number of fused-ring (bicyclic) bond motifs is 3. The lowest BCUT2D eigenvalue weighted by Gasteiger charge is -2.23. The number of hydrogen-bond acceptors (Lipinski definition) is 9. The van der Waals surface area contributed by atoms with Gasteiger partial charge in [0.05, 0.1) is 37.6 Å². The minimum absolute atomic E-state index is 0.0336. The summed E-state index contributed by atoms with van der Waals surface area (Å²) >= 11 is 6.67. The molecule has 8 aromatic rings. The summed E-state index contributed by atoms with van der Waals surface area (Å²) in [5.41, 5.74) is 20.9. The topological polar surface area (TPSA) is 223 Å². The van der Waals surface area contributed by atoms with Gasteiger partial charge in [0.2, 0.25) is 11.8 Å². The number of aryl methyl sites for hydroxylation is 3. The Bertz CT molecular complexity index is 3350. The highest BCUT2D eigenvalue weighted by Gasteiger charge is 2.22.